The summed E-state index contributed by atoms with van der Waals surface area (Å²) in [6, 6.07) is 0.442. The lowest BCUT2D eigenvalue weighted by atomic mass is 9.92. The van der Waals surface area contributed by atoms with Crippen LogP contribution in [0.2, 0.25) is 0 Å². The number of amides is 1. The molecule has 0 aliphatic heterocycles. The molecule has 6 nitrogen and oxygen atoms in total. The Bertz CT molecular complexity index is 699. The average molecular weight is 416 g/mol. The number of alkyl halides is 3. The van der Waals surface area contributed by atoms with Crippen molar-refractivity contribution in [3.05, 3.63) is 23.8 Å². The van der Waals surface area contributed by atoms with Gasteiger partial charge in [-0.15, -0.1) is 0 Å². The molecule has 0 unspecified atom stereocenters. The van der Waals surface area contributed by atoms with Gasteiger partial charge in [0.2, 0.25) is 0 Å². The predicted octanol–water partition coefficient (Wildman–Crippen LogP) is 4.58. The Hall–Kier alpha value is -2.03. The zero-order valence-corrected chi connectivity index (χ0v) is 17.3. The van der Waals surface area contributed by atoms with E-state index in [9.17, 15) is 18.0 Å². The number of hydrogen-bond acceptors (Lipinski definition) is 4. The average Bonchev–Trinajstić information content (AvgIpc) is 3.04. The summed E-state index contributed by atoms with van der Waals surface area (Å²) in [6.45, 7) is 5.26. The standard InChI is InChI=1S/C20H31F3N4O2/c1-19(2,3)29-18(28)25-10-4-5-14(20(21,22)23)11-16-12-27(13-26-16)17-8-6-15(24)7-9-17/h11-13,15,17H,4-10,24H2,1-3H3,(H,25,28)/b14-11+. The van der Waals surface area contributed by atoms with E-state index < -0.39 is 23.4 Å². The monoisotopic (exact) mass is 416 g/mol. The molecule has 29 heavy (non-hydrogen) atoms. The van der Waals surface area contributed by atoms with Crippen LogP contribution in [0, 0.1) is 0 Å². The normalized spacial score (nSPS) is 21.1. The lowest BCUT2D eigenvalue weighted by Crippen LogP contribution is -2.33. The number of nitrogens with zero attached hydrogens (tertiary/aromatic N) is 2. The lowest BCUT2D eigenvalue weighted by molar-refractivity contribution is -0.0931. The number of nitrogens with one attached hydrogen (secondary N) is 1. The topological polar surface area (TPSA) is 82.2 Å². The van der Waals surface area contributed by atoms with Crippen LogP contribution < -0.4 is 11.1 Å². The zero-order chi connectivity index (χ0) is 21.7. The molecular weight excluding hydrogens is 385 g/mol. The van der Waals surface area contributed by atoms with E-state index in [0.29, 0.717) is 0 Å². The molecule has 9 heteroatoms. The number of halogens is 3. The van der Waals surface area contributed by atoms with Gasteiger partial charge in [0.1, 0.15) is 5.60 Å². The maximum atomic E-state index is 13.4. The second kappa shape index (κ2) is 9.65. The highest BCUT2D eigenvalue weighted by molar-refractivity contribution is 5.67. The van der Waals surface area contributed by atoms with Gasteiger partial charge in [0, 0.05) is 30.4 Å². The van der Waals surface area contributed by atoms with Gasteiger partial charge < -0.3 is 20.4 Å². The number of imidazole rings is 1. The minimum atomic E-state index is -4.45. The van der Waals surface area contributed by atoms with Crippen LogP contribution in [0.25, 0.3) is 6.08 Å². The molecule has 1 aliphatic carbocycles. The van der Waals surface area contributed by atoms with Crippen molar-refractivity contribution >= 4 is 12.2 Å². The number of aromatic nitrogens is 2. The van der Waals surface area contributed by atoms with E-state index >= 15 is 0 Å². The molecule has 0 aromatic carbocycles. The van der Waals surface area contributed by atoms with Crippen LogP contribution in [0.4, 0.5) is 18.0 Å². The minimum Gasteiger partial charge on any atom is -0.444 e. The number of nitrogens with two attached hydrogens (primary N) is 1. The maximum Gasteiger partial charge on any atom is 0.412 e. The Labute approximate surface area is 169 Å². The van der Waals surface area contributed by atoms with Gasteiger partial charge in [-0.1, -0.05) is 0 Å². The molecule has 1 heterocycles. The SMILES string of the molecule is CC(C)(C)OC(=O)NCCC/C(=C\c1cn(C2CCC(N)CC2)cn1)C(F)(F)F. The van der Waals surface area contributed by atoms with Crippen LogP contribution in [0.1, 0.15) is 71.0 Å². The van der Waals surface area contributed by atoms with Crippen LogP contribution in [0.3, 0.4) is 0 Å². The number of carbonyl (C=O) groups excluding carboxylic acids is 1. The summed E-state index contributed by atoms with van der Waals surface area (Å²) >= 11 is 0. The Morgan fingerprint density at radius 2 is 1.97 bits per heavy atom. The van der Waals surface area contributed by atoms with Crippen LogP contribution in [-0.2, 0) is 4.74 Å². The Kier molecular flexibility index (Phi) is 7.73. The third kappa shape index (κ3) is 8.08. The van der Waals surface area contributed by atoms with Gasteiger partial charge in [0.15, 0.2) is 0 Å². The van der Waals surface area contributed by atoms with Gasteiger partial charge in [0.05, 0.1) is 12.0 Å². The molecule has 0 saturated heterocycles. The van der Waals surface area contributed by atoms with Crippen molar-refractivity contribution in [2.24, 2.45) is 5.73 Å². The van der Waals surface area contributed by atoms with Crippen molar-refractivity contribution < 1.29 is 22.7 Å². The smallest absolute Gasteiger partial charge is 0.412 e. The van der Waals surface area contributed by atoms with Gasteiger partial charge in [-0.05, 0) is 65.4 Å². The molecule has 164 valence electrons. The summed E-state index contributed by atoms with van der Waals surface area (Å²) in [6.07, 6.45) is 2.80. The molecule has 1 aromatic rings. The first-order valence-corrected chi connectivity index (χ1v) is 9.98. The van der Waals surface area contributed by atoms with Gasteiger partial charge in [-0.3, -0.25) is 0 Å². The van der Waals surface area contributed by atoms with Crippen molar-refractivity contribution in [1.29, 1.82) is 0 Å². The number of ether oxygens (including phenoxy) is 1. The van der Waals surface area contributed by atoms with E-state index in [4.69, 9.17) is 10.5 Å². The van der Waals surface area contributed by atoms with Crippen molar-refractivity contribution in [2.75, 3.05) is 6.54 Å². The predicted molar refractivity (Wildman–Crippen MR) is 105 cm³/mol. The highest BCUT2D eigenvalue weighted by Gasteiger charge is 2.33. The molecule has 1 saturated carbocycles. The molecule has 0 bridgehead atoms. The quantitative estimate of drug-likeness (QED) is 0.665. The Morgan fingerprint density at radius 3 is 2.55 bits per heavy atom. The van der Waals surface area contributed by atoms with Crippen molar-refractivity contribution in [1.82, 2.24) is 14.9 Å². The first-order valence-electron chi connectivity index (χ1n) is 9.98. The number of alkyl carbamates (subject to hydrolysis) is 1. The summed E-state index contributed by atoms with van der Waals surface area (Å²) in [7, 11) is 0. The summed E-state index contributed by atoms with van der Waals surface area (Å²) in [5.41, 5.74) is 4.88. The van der Waals surface area contributed by atoms with Crippen molar-refractivity contribution in [3.8, 4) is 0 Å². The van der Waals surface area contributed by atoms with Gasteiger partial charge in [-0.2, -0.15) is 13.2 Å². The van der Waals surface area contributed by atoms with Crippen LogP contribution in [-0.4, -0.2) is 40.0 Å². The fourth-order valence-electron chi connectivity index (χ4n) is 3.28. The summed E-state index contributed by atoms with van der Waals surface area (Å²) in [5, 5.41) is 2.47. The number of allylic oxidation sites excluding steroid dienone is 1. The van der Waals surface area contributed by atoms with Gasteiger partial charge >= 0.3 is 12.3 Å². The lowest BCUT2D eigenvalue weighted by Gasteiger charge is -2.26. The van der Waals surface area contributed by atoms with E-state index in [-0.39, 0.29) is 37.2 Å². The molecule has 3 N–H and O–H groups in total. The van der Waals surface area contributed by atoms with E-state index in [1.807, 2.05) is 4.57 Å². The molecule has 1 amide bonds. The fourth-order valence-corrected chi connectivity index (χ4v) is 3.28. The highest BCUT2D eigenvalue weighted by atomic mass is 19.4. The van der Waals surface area contributed by atoms with Crippen LogP contribution in [0.5, 0.6) is 0 Å². The summed E-state index contributed by atoms with van der Waals surface area (Å²) in [4.78, 5) is 15.7. The van der Waals surface area contributed by atoms with Gasteiger partial charge in [0.25, 0.3) is 0 Å². The number of hydrogen-bond donors (Lipinski definition) is 2. The minimum absolute atomic E-state index is 0.0963. The van der Waals surface area contributed by atoms with Gasteiger partial charge in [-0.25, -0.2) is 9.78 Å². The Morgan fingerprint density at radius 1 is 1.31 bits per heavy atom. The van der Waals surface area contributed by atoms with E-state index in [1.165, 1.54) is 0 Å². The molecule has 1 fully saturated rings. The second-order valence-corrected chi connectivity index (χ2v) is 8.51. The summed E-state index contributed by atoms with van der Waals surface area (Å²) < 4.78 is 47.1. The molecule has 2 rings (SSSR count). The first kappa shape index (κ1) is 23.3. The third-order valence-electron chi connectivity index (χ3n) is 4.76. The molecule has 1 aromatic heterocycles. The molecule has 0 atom stereocenters. The zero-order valence-electron chi connectivity index (χ0n) is 17.3. The van der Waals surface area contributed by atoms with E-state index in [0.717, 1.165) is 31.8 Å². The van der Waals surface area contributed by atoms with E-state index in [2.05, 4.69) is 10.3 Å². The molecule has 1 aliphatic rings. The molecule has 0 spiro atoms. The highest BCUT2D eigenvalue weighted by Crippen LogP contribution is 2.32. The van der Waals surface area contributed by atoms with Crippen molar-refractivity contribution in [2.45, 2.75) is 83.2 Å². The number of carbonyl (C=O) groups is 1. The van der Waals surface area contributed by atoms with Crippen molar-refractivity contribution in [3.63, 3.8) is 0 Å². The fraction of sp³-hybridized carbons (Fsp3) is 0.700. The molecule has 0 radical (unpaired) electrons. The Balaban J connectivity index is 1.93. The second-order valence-electron chi connectivity index (χ2n) is 8.51. The van der Waals surface area contributed by atoms with Crippen LogP contribution in [0.15, 0.2) is 18.1 Å². The maximum absolute atomic E-state index is 13.4. The first-order chi connectivity index (χ1) is 13.4. The van der Waals surface area contributed by atoms with Crippen LogP contribution >= 0.6 is 0 Å². The molecular formula is C20H31F3N4O2. The summed E-state index contributed by atoms with van der Waals surface area (Å²) in [5.74, 6) is 0. The number of rotatable bonds is 6. The largest absolute Gasteiger partial charge is 0.444 e. The van der Waals surface area contributed by atoms with E-state index in [1.54, 1.807) is 33.3 Å². The third-order valence-corrected chi connectivity index (χ3v) is 4.76.